The van der Waals surface area contributed by atoms with Gasteiger partial charge in [0.2, 0.25) is 5.91 Å². The number of carbonyl (C=O) groups is 1. The van der Waals surface area contributed by atoms with Crippen LogP contribution in [0.1, 0.15) is 32.8 Å². The minimum absolute atomic E-state index is 0.169. The number of nitrogens with zero attached hydrogens (tertiary/aromatic N) is 1. The van der Waals surface area contributed by atoms with Crippen molar-refractivity contribution in [2.45, 2.75) is 38.6 Å². The van der Waals surface area contributed by atoms with Crippen LogP contribution in [0.3, 0.4) is 0 Å². The second-order valence-electron chi connectivity index (χ2n) is 6.26. The van der Waals surface area contributed by atoms with Gasteiger partial charge in [-0.1, -0.05) is 18.2 Å². The fourth-order valence-corrected chi connectivity index (χ4v) is 2.88. The number of amides is 1. The molecule has 21 heavy (non-hydrogen) atoms. The molecular formula is C17H26N2O2. The van der Waals surface area contributed by atoms with Gasteiger partial charge in [0.05, 0.1) is 12.5 Å². The SMILES string of the molecule is COc1ccccc1C(C)(C)C(=O)N1CCNC(C)CC1. The van der Waals surface area contributed by atoms with E-state index in [0.717, 1.165) is 37.4 Å². The van der Waals surface area contributed by atoms with E-state index in [0.29, 0.717) is 6.04 Å². The summed E-state index contributed by atoms with van der Waals surface area (Å²) < 4.78 is 5.43. The quantitative estimate of drug-likeness (QED) is 0.928. The molecule has 1 amide bonds. The Bertz CT molecular complexity index is 499. The molecule has 1 aliphatic heterocycles. The van der Waals surface area contributed by atoms with Crippen LogP contribution in [0.25, 0.3) is 0 Å². The summed E-state index contributed by atoms with van der Waals surface area (Å²) >= 11 is 0. The topological polar surface area (TPSA) is 41.6 Å². The molecule has 0 saturated carbocycles. The zero-order chi connectivity index (χ0) is 15.5. The van der Waals surface area contributed by atoms with Crippen LogP contribution in [-0.4, -0.2) is 43.6 Å². The summed E-state index contributed by atoms with van der Waals surface area (Å²) in [6.45, 7) is 8.56. The largest absolute Gasteiger partial charge is 0.496 e. The minimum Gasteiger partial charge on any atom is -0.496 e. The van der Waals surface area contributed by atoms with Crippen LogP contribution in [0.2, 0.25) is 0 Å². The summed E-state index contributed by atoms with van der Waals surface area (Å²) in [5.74, 6) is 0.945. The Balaban J connectivity index is 2.23. The highest BCUT2D eigenvalue weighted by Crippen LogP contribution is 2.33. The predicted octanol–water partition coefficient (Wildman–Crippen LogP) is 2.18. The maximum Gasteiger partial charge on any atom is 0.232 e. The number of ether oxygens (including phenoxy) is 1. The van der Waals surface area contributed by atoms with Gasteiger partial charge < -0.3 is 15.0 Å². The Morgan fingerprint density at radius 2 is 2.05 bits per heavy atom. The van der Waals surface area contributed by atoms with Crippen LogP contribution in [0.5, 0.6) is 5.75 Å². The number of nitrogens with one attached hydrogen (secondary N) is 1. The number of benzene rings is 1. The Morgan fingerprint density at radius 3 is 2.76 bits per heavy atom. The molecule has 1 heterocycles. The molecule has 1 aromatic rings. The number of carbonyl (C=O) groups excluding carboxylic acids is 1. The Labute approximate surface area is 127 Å². The fraction of sp³-hybridized carbons (Fsp3) is 0.588. The molecule has 2 rings (SSSR count). The monoisotopic (exact) mass is 290 g/mol. The molecule has 1 aromatic carbocycles. The fourth-order valence-electron chi connectivity index (χ4n) is 2.88. The van der Waals surface area contributed by atoms with Gasteiger partial charge in [-0.25, -0.2) is 0 Å². The second kappa shape index (κ2) is 6.48. The van der Waals surface area contributed by atoms with Crippen molar-refractivity contribution >= 4 is 5.91 Å². The van der Waals surface area contributed by atoms with Gasteiger partial charge in [0.1, 0.15) is 5.75 Å². The standard InChI is InChI=1S/C17H26N2O2/c1-13-9-11-19(12-10-18-13)16(20)17(2,3)14-7-5-6-8-15(14)21-4/h5-8,13,18H,9-12H2,1-4H3. The first-order chi connectivity index (χ1) is 9.96. The Hall–Kier alpha value is -1.55. The molecule has 116 valence electrons. The second-order valence-corrected chi connectivity index (χ2v) is 6.26. The Morgan fingerprint density at radius 1 is 1.33 bits per heavy atom. The third kappa shape index (κ3) is 3.38. The van der Waals surface area contributed by atoms with E-state index in [1.807, 2.05) is 43.0 Å². The zero-order valence-electron chi connectivity index (χ0n) is 13.5. The summed E-state index contributed by atoms with van der Waals surface area (Å²) in [6.07, 6.45) is 0.994. The van der Waals surface area contributed by atoms with Crippen LogP contribution < -0.4 is 10.1 Å². The highest BCUT2D eigenvalue weighted by atomic mass is 16.5. The van der Waals surface area contributed by atoms with Crippen molar-refractivity contribution in [3.05, 3.63) is 29.8 Å². The summed E-state index contributed by atoms with van der Waals surface area (Å²) in [7, 11) is 1.65. The number of methoxy groups -OCH3 is 1. The average Bonchev–Trinajstić information content (AvgIpc) is 2.71. The lowest BCUT2D eigenvalue weighted by Gasteiger charge is -2.32. The van der Waals surface area contributed by atoms with Gasteiger partial charge in [0.25, 0.3) is 0 Å². The predicted molar refractivity (Wildman–Crippen MR) is 84.7 cm³/mol. The molecule has 1 aliphatic rings. The van der Waals surface area contributed by atoms with E-state index in [-0.39, 0.29) is 5.91 Å². The smallest absolute Gasteiger partial charge is 0.232 e. The van der Waals surface area contributed by atoms with Crippen molar-refractivity contribution in [1.82, 2.24) is 10.2 Å². The van der Waals surface area contributed by atoms with E-state index in [1.54, 1.807) is 7.11 Å². The van der Waals surface area contributed by atoms with Gasteiger partial charge in [-0.15, -0.1) is 0 Å². The van der Waals surface area contributed by atoms with Crippen molar-refractivity contribution in [3.63, 3.8) is 0 Å². The molecule has 1 atom stereocenters. The lowest BCUT2D eigenvalue weighted by Crippen LogP contribution is -2.45. The van der Waals surface area contributed by atoms with Gasteiger partial charge in [0.15, 0.2) is 0 Å². The molecule has 1 N–H and O–H groups in total. The molecule has 4 heteroatoms. The van der Waals surface area contributed by atoms with Crippen molar-refractivity contribution in [2.24, 2.45) is 0 Å². The molecule has 4 nitrogen and oxygen atoms in total. The first kappa shape index (κ1) is 15.8. The molecule has 1 unspecified atom stereocenters. The molecule has 1 saturated heterocycles. The molecule has 1 fully saturated rings. The lowest BCUT2D eigenvalue weighted by molar-refractivity contribution is -0.136. The maximum absolute atomic E-state index is 13.0. The highest BCUT2D eigenvalue weighted by Gasteiger charge is 2.36. The number of hydrogen-bond acceptors (Lipinski definition) is 3. The van der Waals surface area contributed by atoms with E-state index in [1.165, 1.54) is 0 Å². The van der Waals surface area contributed by atoms with Crippen molar-refractivity contribution in [1.29, 1.82) is 0 Å². The molecule has 0 spiro atoms. The highest BCUT2D eigenvalue weighted by molar-refractivity contribution is 5.88. The van der Waals surface area contributed by atoms with Gasteiger partial charge in [-0.3, -0.25) is 4.79 Å². The van der Waals surface area contributed by atoms with E-state index >= 15 is 0 Å². The molecule has 0 aromatic heterocycles. The van der Waals surface area contributed by atoms with Crippen LogP contribution >= 0.6 is 0 Å². The average molecular weight is 290 g/mol. The van der Waals surface area contributed by atoms with Gasteiger partial charge in [-0.05, 0) is 33.3 Å². The van der Waals surface area contributed by atoms with Crippen LogP contribution in [0.4, 0.5) is 0 Å². The van der Waals surface area contributed by atoms with Crippen LogP contribution in [0, 0.1) is 0 Å². The lowest BCUT2D eigenvalue weighted by atomic mass is 9.82. The summed E-state index contributed by atoms with van der Waals surface area (Å²) in [5.41, 5.74) is 0.364. The maximum atomic E-state index is 13.0. The first-order valence-electron chi connectivity index (χ1n) is 7.63. The summed E-state index contributed by atoms with van der Waals surface area (Å²) in [6, 6.07) is 8.25. The molecular weight excluding hydrogens is 264 g/mol. The number of hydrogen-bond donors (Lipinski definition) is 1. The zero-order valence-corrected chi connectivity index (χ0v) is 13.5. The van der Waals surface area contributed by atoms with Crippen molar-refractivity contribution in [3.8, 4) is 5.75 Å². The van der Waals surface area contributed by atoms with Crippen LogP contribution in [0.15, 0.2) is 24.3 Å². The number of rotatable bonds is 3. The van der Waals surface area contributed by atoms with Crippen molar-refractivity contribution in [2.75, 3.05) is 26.7 Å². The molecule has 0 aliphatic carbocycles. The van der Waals surface area contributed by atoms with E-state index in [4.69, 9.17) is 4.74 Å². The van der Waals surface area contributed by atoms with E-state index in [9.17, 15) is 4.79 Å². The van der Waals surface area contributed by atoms with Crippen LogP contribution in [-0.2, 0) is 10.2 Å². The minimum atomic E-state index is -0.583. The number of para-hydroxylation sites is 1. The van der Waals surface area contributed by atoms with Gasteiger partial charge in [-0.2, -0.15) is 0 Å². The van der Waals surface area contributed by atoms with Crippen molar-refractivity contribution < 1.29 is 9.53 Å². The normalized spacial score (nSPS) is 20.0. The molecule has 0 radical (unpaired) electrons. The first-order valence-corrected chi connectivity index (χ1v) is 7.63. The summed E-state index contributed by atoms with van der Waals surface area (Å²) in [4.78, 5) is 15.0. The Kier molecular flexibility index (Phi) is 4.88. The third-order valence-electron chi connectivity index (χ3n) is 4.31. The van der Waals surface area contributed by atoms with E-state index < -0.39 is 5.41 Å². The summed E-state index contributed by atoms with van der Waals surface area (Å²) in [5, 5.41) is 3.42. The van der Waals surface area contributed by atoms with Gasteiger partial charge >= 0.3 is 0 Å². The molecule has 0 bridgehead atoms. The van der Waals surface area contributed by atoms with E-state index in [2.05, 4.69) is 12.2 Å². The third-order valence-corrected chi connectivity index (χ3v) is 4.31. The van der Waals surface area contributed by atoms with Gasteiger partial charge in [0, 0.05) is 31.2 Å².